The lowest BCUT2D eigenvalue weighted by atomic mass is 9.51. The van der Waals surface area contributed by atoms with Gasteiger partial charge in [-0.05, 0) is 68.0 Å². The molecule has 1 aromatic carbocycles. The molecule has 8 heteroatoms. The number of alkyl halides is 3. The third-order valence-corrected chi connectivity index (χ3v) is 7.79. The number of nitrogens with zero attached hydrogens (tertiary/aromatic N) is 2. The van der Waals surface area contributed by atoms with Crippen molar-refractivity contribution in [1.82, 2.24) is 9.78 Å². The Hall–Kier alpha value is -2.90. The van der Waals surface area contributed by atoms with Crippen LogP contribution in [-0.4, -0.2) is 29.0 Å². The molecule has 3 atom stereocenters. The number of rotatable bonds is 2. The van der Waals surface area contributed by atoms with Crippen molar-refractivity contribution in [3.8, 4) is 5.69 Å². The van der Waals surface area contributed by atoms with E-state index in [-0.39, 0.29) is 25.1 Å². The molecule has 3 aliphatic rings. The first-order chi connectivity index (χ1) is 15.6. The lowest BCUT2D eigenvalue weighted by molar-refractivity contribution is -0.250. The molecule has 4 nitrogen and oxygen atoms in total. The van der Waals surface area contributed by atoms with Crippen molar-refractivity contribution in [3.63, 3.8) is 0 Å². The summed E-state index contributed by atoms with van der Waals surface area (Å²) >= 11 is 0. The third kappa shape index (κ3) is 3.02. The molecule has 33 heavy (non-hydrogen) atoms. The van der Waals surface area contributed by atoms with Gasteiger partial charge in [-0.2, -0.15) is 18.3 Å². The fraction of sp³-hybridized carbons (Fsp3) is 0.440. The van der Waals surface area contributed by atoms with Gasteiger partial charge in [0.25, 0.3) is 0 Å². The zero-order valence-corrected chi connectivity index (χ0v) is 18.4. The predicted molar refractivity (Wildman–Crippen MR) is 114 cm³/mol. The van der Waals surface area contributed by atoms with E-state index in [1.807, 2.05) is 19.1 Å². The van der Waals surface area contributed by atoms with Crippen molar-refractivity contribution in [2.45, 2.75) is 45.2 Å². The van der Waals surface area contributed by atoms with E-state index < -0.39 is 28.9 Å². The van der Waals surface area contributed by atoms with Gasteiger partial charge in [0.15, 0.2) is 5.41 Å². The predicted octanol–water partition coefficient (Wildman–Crippen LogP) is 5.81. The summed E-state index contributed by atoms with van der Waals surface area (Å²) < 4.78 is 63.1. The van der Waals surface area contributed by atoms with Gasteiger partial charge in [0.1, 0.15) is 5.82 Å². The first-order valence-electron chi connectivity index (χ1n) is 11.0. The van der Waals surface area contributed by atoms with Crippen molar-refractivity contribution in [1.29, 1.82) is 0 Å². The molecular formula is C25H24F4N2O2. The quantitative estimate of drug-likeness (QED) is 0.323. The second-order valence-corrected chi connectivity index (χ2v) is 9.37. The van der Waals surface area contributed by atoms with Gasteiger partial charge in [-0.25, -0.2) is 9.07 Å². The average molecular weight is 460 g/mol. The number of esters is 1. The second-order valence-electron chi connectivity index (χ2n) is 9.37. The molecule has 0 unspecified atom stereocenters. The van der Waals surface area contributed by atoms with Crippen LogP contribution in [0.25, 0.3) is 11.8 Å². The van der Waals surface area contributed by atoms with E-state index in [1.54, 1.807) is 23.0 Å². The van der Waals surface area contributed by atoms with E-state index in [2.05, 4.69) is 5.10 Å². The van der Waals surface area contributed by atoms with E-state index in [0.29, 0.717) is 24.1 Å². The maximum atomic E-state index is 14.4. The molecule has 0 N–H and O–H groups in total. The van der Waals surface area contributed by atoms with Crippen LogP contribution in [0.15, 0.2) is 47.7 Å². The van der Waals surface area contributed by atoms with Crippen LogP contribution in [0.5, 0.6) is 0 Å². The third-order valence-electron chi connectivity index (χ3n) is 7.79. The highest BCUT2D eigenvalue weighted by Gasteiger charge is 2.68. The number of carbonyl (C=O) groups is 1. The maximum absolute atomic E-state index is 14.4. The molecule has 0 bridgehead atoms. The Morgan fingerprint density at radius 2 is 1.97 bits per heavy atom. The number of carbonyl (C=O) groups excluding carboxylic acids is 1. The number of hydrogen-bond donors (Lipinski definition) is 0. The molecule has 1 fully saturated rings. The number of benzene rings is 1. The Labute approximate surface area is 188 Å². The average Bonchev–Trinajstić information content (AvgIpc) is 3.18. The summed E-state index contributed by atoms with van der Waals surface area (Å²) in [5.41, 5.74) is 1.05. The fourth-order valence-corrected chi connectivity index (χ4v) is 6.15. The van der Waals surface area contributed by atoms with Gasteiger partial charge in [0.2, 0.25) is 0 Å². The Balaban J connectivity index is 1.58. The summed E-state index contributed by atoms with van der Waals surface area (Å²) in [6, 6.07) is 6.02. The Morgan fingerprint density at radius 3 is 2.64 bits per heavy atom. The van der Waals surface area contributed by atoms with Crippen LogP contribution in [-0.2, 0) is 16.0 Å². The molecule has 1 heterocycles. The van der Waals surface area contributed by atoms with Gasteiger partial charge >= 0.3 is 12.1 Å². The van der Waals surface area contributed by atoms with Crippen LogP contribution in [0.2, 0.25) is 0 Å². The van der Waals surface area contributed by atoms with Crippen LogP contribution in [0.1, 0.15) is 43.9 Å². The Morgan fingerprint density at radius 1 is 1.24 bits per heavy atom. The molecule has 0 aliphatic heterocycles. The second kappa shape index (κ2) is 7.30. The van der Waals surface area contributed by atoms with Crippen LogP contribution in [0.3, 0.4) is 0 Å². The smallest absolute Gasteiger partial charge is 0.405 e. The standard InChI is InChI=1S/C25H24F4N2O2/c1-23-13-15-14-30-31(18-8-6-17(26)7-9-18)21(15)12-16(23)5-10-20-19(23)4-3-11-24(20,22(32)33-2)25(27,28)29/h4,6-9,12,14,20H,3,5,10-11,13H2,1-2H3/t20-,23+,24+/m1/s1. The van der Waals surface area contributed by atoms with Crippen molar-refractivity contribution < 1.29 is 27.1 Å². The molecule has 1 aromatic heterocycles. The topological polar surface area (TPSA) is 44.1 Å². The zero-order chi connectivity index (χ0) is 23.6. The lowest BCUT2D eigenvalue weighted by Crippen LogP contribution is -2.56. The highest BCUT2D eigenvalue weighted by atomic mass is 19.4. The van der Waals surface area contributed by atoms with E-state index in [1.165, 1.54) is 12.1 Å². The molecule has 0 saturated heterocycles. The van der Waals surface area contributed by atoms with Crippen molar-refractivity contribution >= 4 is 12.0 Å². The highest BCUT2D eigenvalue weighted by molar-refractivity contribution is 5.80. The summed E-state index contributed by atoms with van der Waals surface area (Å²) in [4.78, 5) is 12.6. The summed E-state index contributed by atoms with van der Waals surface area (Å²) in [5, 5.41) is 4.48. The fourth-order valence-electron chi connectivity index (χ4n) is 6.15. The number of ether oxygens (including phenoxy) is 1. The molecule has 0 spiro atoms. The summed E-state index contributed by atoms with van der Waals surface area (Å²) in [6.07, 6.45) is 1.98. The molecule has 0 radical (unpaired) electrons. The van der Waals surface area contributed by atoms with Crippen LogP contribution in [0.4, 0.5) is 17.6 Å². The Bertz CT molecular complexity index is 1180. The molecule has 3 aliphatic carbocycles. The molecule has 0 amide bonds. The number of allylic oxidation sites excluding steroid dienone is 3. The van der Waals surface area contributed by atoms with Gasteiger partial charge in [-0.15, -0.1) is 0 Å². The summed E-state index contributed by atoms with van der Waals surface area (Å²) in [6.45, 7) is 1.97. The Kier molecular flexibility index (Phi) is 4.85. The first-order valence-corrected chi connectivity index (χ1v) is 11.0. The molecule has 174 valence electrons. The molecule has 2 aromatic rings. The monoisotopic (exact) mass is 460 g/mol. The SMILES string of the molecule is COC(=O)[C@]1(C(F)(F)F)CCC=C2[C@H]1CCC1=Cc3c(cnn3-c3ccc(F)cc3)C[C@@]12C. The van der Waals surface area contributed by atoms with Gasteiger partial charge in [0, 0.05) is 11.3 Å². The van der Waals surface area contributed by atoms with Gasteiger partial charge < -0.3 is 4.74 Å². The van der Waals surface area contributed by atoms with Crippen molar-refractivity contribution in [3.05, 3.63) is 64.8 Å². The zero-order valence-electron chi connectivity index (χ0n) is 18.4. The van der Waals surface area contributed by atoms with Crippen molar-refractivity contribution in [2.75, 3.05) is 7.11 Å². The van der Waals surface area contributed by atoms with Gasteiger partial charge in [-0.1, -0.05) is 24.1 Å². The van der Waals surface area contributed by atoms with Crippen LogP contribution < -0.4 is 0 Å². The number of halogens is 4. The largest absolute Gasteiger partial charge is 0.468 e. The van der Waals surface area contributed by atoms with E-state index >= 15 is 0 Å². The van der Waals surface area contributed by atoms with Crippen molar-refractivity contribution in [2.24, 2.45) is 16.7 Å². The number of hydrogen-bond acceptors (Lipinski definition) is 3. The minimum atomic E-state index is -4.70. The van der Waals surface area contributed by atoms with Crippen LogP contribution in [0, 0.1) is 22.6 Å². The normalized spacial score (nSPS) is 28.7. The first kappa shape index (κ1) is 21.9. The van der Waals surface area contributed by atoms with E-state index in [0.717, 1.165) is 23.9 Å². The summed E-state index contributed by atoms with van der Waals surface area (Å²) in [5.74, 6) is -2.48. The van der Waals surface area contributed by atoms with Gasteiger partial charge in [0.05, 0.1) is 24.7 Å². The molecule has 5 rings (SSSR count). The highest BCUT2D eigenvalue weighted by Crippen LogP contribution is 2.63. The number of aromatic nitrogens is 2. The lowest BCUT2D eigenvalue weighted by Gasteiger charge is -2.53. The minimum Gasteiger partial charge on any atom is -0.468 e. The van der Waals surface area contributed by atoms with E-state index in [9.17, 15) is 22.4 Å². The number of fused-ring (bicyclic) bond motifs is 4. The van der Waals surface area contributed by atoms with E-state index in [4.69, 9.17) is 4.74 Å². The minimum absolute atomic E-state index is 0.172. The molecule has 1 saturated carbocycles. The summed E-state index contributed by atoms with van der Waals surface area (Å²) in [7, 11) is 1.03. The van der Waals surface area contributed by atoms with Gasteiger partial charge in [-0.3, -0.25) is 4.79 Å². The maximum Gasteiger partial charge on any atom is 0.405 e. The number of methoxy groups -OCH3 is 1. The van der Waals surface area contributed by atoms with Crippen LogP contribution >= 0.6 is 0 Å². The molecular weight excluding hydrogens is 436 g/mol.